The second-order valence-corrected chi connectivity index (χ2v) is 8.37. The van der Waals surface area contributed by atoms with Gasteiger partial charge in [0.1, 0.15) is 11.5 Å². The molecule has 0 aliphatic heterocycles. The van der Waals surface area contributed by atoms with Gasteiger partial charge < -0.3 is 4.42 Å². The quantitative estimate of drug-likeness (QED) is 0.466. The molecule has 0 bridgehead atoms. The molecule has 10 heteroatoms. The molecule has 6 nitrogen and oxygen atoms in total. The third-order valence-electron chi connectivity index (χ3n) is 4.22. The summed E-state index contributed by atoms with van der Waals surface area (Å²) in [5.41, 5.74) is -1.49. The molecule has 4 rings (SSSR count). The van der Waals surface area contributed by atoms with E-state index in [1.165, 1.54) is 30.3 Å². The van der Waals surface area contributed by atoms with Gasteiger partial charge in [0, 0.05) is 11.0 Å². The van der Waals surface area contributed by atoms with Crippen LogP contribution in [-0.2, 0) is 11.6 Å². The predicted molar refractivity (Wildman–Crippen MR) is 102 cm³/mol. The second-order valence-electron chi connectivity index (χ2n) is 7.41. The Balaban J connectivity index is 1.79. The third kappa shape index (κ3) is 3.44. The second kappa shape index (κ2) is 6.51. The standard InChI is InChI=1S/C19H15F3N4O2S/c1-18(2,3)14-16(27)26-17(24-23-14)29-15(25-26)13-9-8-12(28-13)10-6-4-5-7-11(10)19(20,21)22/h4-9H,1-3H3. The summed E-state index contributed by atoms with van der Waals surface area (Å²) in [4.78, 5) is 12.9. The molecular formula is C19H15F3N4O2S. The number of fused-ring (bicyclic) bond motifs is 1. The van der Waals surface area contributed by atoms with Crippen LogP contribution in [0.5, 0.6) is 0 Å². The Morgan fingerprint density at radius 3 is 2.38 bits per heavy atom. The van der Waals surface area contributed by atoms with Gasteiger partial charge in [0.2, 0.25) is 4.96 Å². The minimum Gasteiger partial charge on any atom is -0.453 e. The molecule has 0 aliphatic rings. The highest BCUT2D eigenvalue weighted by Gasteiger charge is 2.34. The van der Waals surface area contributed by atoms with Crippen molar-refractivity contribution in [2.75, 3.05) is 0 Å². The van der Waals surface area contributed by atoms with E-state index in [-0.39, 0.29) is 33.3 Å². The van der Waals surface area contributed by atoms with Crippen LogP contribution in [0.3, 0.4) is 0 Å². The molecular weight excluding hydrogens is 405 g/mol. The fraction of sp³-hybridized carbons (Fsp3) is 0.263. The van der Waals surface area contributed by atoms with Crippen molar-refractivity contribution in [3.05, 3.63) is 58.0 Å². The first kappa shape index (κ1) is 19.3. The van der Waals surface area contributed by atoms with Crippen LogP contribution in [0, 0.1) is 0 Å². The monoisotopic (exact) mass is 420 g/mol. The molecule has 4 aromatic rings. The highest BCUT2D eigenvalue weighted by Crippen LogP contribution is 2.39. The first-order valence-corrected chi connectivity index (χ1v) is 9.41. The number of alkyl halides is 3. The average Bonchev–Trinajstić information content (AvgIpc) is 3.27. The van der Waals surface area contributed by atoms with Gasteiger partial charge in [-0.1, -0.05) is 50.3 Å². The number of furan rings is 1. The van der Waals surface area contributed by atoms with Crippen molar-refractivity contribution in [1.82, 2.24) is 19.8 Å². The third-order valence-corrected chi connectivity index (χ3v) is 5.13. The van der Waals surface area contributed by atoms with Crippen LogP contribution in [0.4, 0.5) is 13.2 Å². The molecule has 0 amide bonds. The Morgan fingerprint density at radius 1 is 1.00 bits per heavy atom. The number of halogens is 3. The Hall–Kier alpha value is -3.01. The number of hydrogen-bond acceptors (Lipinski definition) is 6. The van der Waals surface area contributed by atoms with Crippen LogP contribution in [-0.4, -0.2) is 19.8 Å². The molecule has 0 aliphatic carbocycles. The summed E-state index contributed by atoms with van der Waals surface area (Å²) in [6.45, 7) is 5.53. The van der Waals surface area contributed by atoms with E-state index in [1.54, 1.807) is 0 Å². The average molecular weight is 420 g/mol. The van der Waals surface area contributed by atoms with E-state index in [9.17, 15) is 18.0 Å². The molecule has 0 saturated heterocycles. The molecule has 150 valence electrons. The maximum atomic E-state index is 13.3. The highest BCUT2D eigenvalue weighted by atomic mass is 32.1. The SMILES string of the molecule is CC(C)(C)c1nnc2sc(-c3ccc(-c4ccccc4C(F)(F)F)o3)nn2c1=O. The molecule has 0 radical (unpaired) electrons. The van der Waals surface area contributed by atoms with E-state index in [0.717, 1.165) is 21.9 Å². The lowest BCUT2D eigenvalue weighted by molar-refractivity contribution is -0.137. The van der Waals surface area contributed by atoms with Crippen LogP contribution >= 0.6 is 11.3 Å². The molecule has 1 aromatic carbocycles. The van der Waals surface area contributed by atoms with Gasteiger partial charge >= 0.3 is 6.18 Å². The van der Waals surface area contributed by atoms with Gasteiger partial charge in [-0.25, -0.2) is 0 Å². The maximum absolute atomic E-state index is 13.3. The lowest BCUT2D eigenvalue weighted by atomic mass is 9.93. The zero-order valence-corrected chi connectivity index (χ0v) is 16.4. The van der Waals surface area contributed by atoms with Crippen molar-refractivity contribution >= 4 is 16.3 Å². The first-order valence-electron chi connectivity index (χ1n) is 8.59. The minimum atomic E-state index is -4.51. The van der Waals surface area contributed by atoms with E-state index < -0.39 is 17.2 Å². The summed E-state index contributed by atoms with van der Waals surface area (Å²) in [7, 11) is 0. The van der Waals surface area contributed by atoms with Gasteiger partial charge in [-0.2, -0.15) is 17.7 Å². The summed E-state index contributed by atoms with van der Waals surface area (Å²) in [6.07, 6.45) is -4.51. The van der Waals surface area contributed by atoms with Crippen molar-refractivity contribution in [3.63, 3.8) is 0 Å². The zero-order chi connectivity index (χ0) is 21.0. The highest BCUT2D eigenvalue weighted by molar-refractivity contribution is 7.19. The van der Waals surface area contributed by atoms with Crippen LogP contribution in [0.2, 0.25) is 0 Å². The van der Waals surface area contributed by atoms with Gasteiger partial charge in [0.25, 0.3) is 5.56 Å². The number of rotatable bonds is 2. The molecule has 0 saturated carbocycles. The first-order chi connectivity index (χ1) is 13.6. The predicted octanol–water partition coefficient (Wildman–Crippen LogP) is 4.79. The summed E-state index contributed by atoms with van der Waals surface area (Å²) >= 11 is 1.06. The van der Waals surface area contributed by atoms with E-state index in [1.807, 2.05) is 20.8 Å². The topological polar surface area (TPSA) is 73.3 Å². The molecule has 0 atom stereocenters. The van der Waals surface area contributed by atoms with Crippen LogP contribution in [0.1, 0.15) is 32.0 Å². The Kier molecular flexibility index (Phi) is 4.34. The normalized spacial score (nSPS) is 12.6. The molecule has 0 fully saturated rings. The maximum Gasteiger partial charge on any atom is 0.417 e. The number of hydrogen-bond donors (Lipinski definition) is 0. The van der Waals surface area contributed by atoms with Crippen LogP contribution in [0.15, 0.2) is 45.6 Å². The lowest BCUT2D eigenvalue weighted by Gasteiger charge is -2.14. The van der Waals surface area contributed by atoms with Crippen molar-refractivity contribution < 1.29 is 17.6 Å². The van der Waals surface area contributed by atoms with E-state index in [4.69, 9.17) is 4.42 Å². The number of nitrogens with zero attached hydrogens (tertiary/aromatic N) is 4. The van der Waals surface area contributed by atoms with Gasteiger partial charge in [0.15, 0.2) is 10.8 Å². The van der Waals surface area contributed by atoms with E-state index >= 15 is 0 Å². The lowest BCUT2D eigenvalue weighted by Crippen LogP contribution is -2.30. The minimum absolute atomic E-state index is 0.0565. The molecule has 0 unspecified atom stereocenters. The van der Waals surface area contributed by atoms with Gasteiger partial charge in [-0.05, 0) is 18.2 Å². The Bertz CT molecular complexity index is 1260. The van der Waals surface area contributed by atoms with Crippen molar-refractivity contribution in [3.8, 4) is 22.1 Å². The fourth-order valence-corrected chi connectivity index (χ4v) is 3.63. The van der Waals surface area contributed by atoms with Crippen LogP contribution < -0.4 is 5.56 Å². The van der Waals surface area contributed by atoms with Crippen molar-refractivity contribution in [2.24, 2.45) is 0 Å². The van der Waals surface area contributed by atoms with Crippen molar-refractivity contribution in [2.45, 2.75) is 32.4 Å². The molecule has 0 spiro atoms. The largest absolute Gasteiger partial charge is 0.453 e. The van der Waals surface area contributed by atoms with Gasteiger partial charge in [-0.15, -0.1) is 15.3 Å². The van der Waals surface area contributed by atoms with Gasteiger partial charge in [-0.3, -0.25) is 4.79 Å². The fourth-order valence-electron chi connectivity index (χ4n) is 2.83. The van der Waals surface area contributed by atoms with Gasteiger partial charge in [0.05, 0.1) is 5.56 Å². The molecule has 0 N–H and O–H groups in total. The number of aromatic nitrogens is 4. The molecule has 29 heavy (non-hydrogen) atoms. The summed E-state index contributed by atoms with van der Waals surface area (Å²) < 4.78 is 46.6. The number of benzene rings is 1. The van der Waals surface area contributed by atoms with E-state index in [0.29, 0.717) is 5.01 Å². The zero-order valence-electron chi connectivity index (χ0n) is 15.6. The summed E-state index contributed by atoms with van der Waals surface area (Å²) in [5, 5.41) is 12.6. The molecule has 3 aromatic heterocycles. The van der Waals surface area contributed by atoms with Crippen LogP contribution in [0.25, 0.3) is 27.1 Å². The van der Waals surface area contributed by atoms with E-state index in [2.05, 4.69) is 15.3 Å². The Morgan fingerprint density at radius 2 is 1.69 bits per heavy atom. The van der Waals surface area contributed by atoms with Crippen molar-refractivity contribution in [1.29, 1.82) is 0 Å². The summed E-state index contributed by atoms with van der Waals surface area (Å²) in [5.74, 6) is 0.296. The Labute approximate surface area is 166 Å². The summed E-state index contributed by atoms with van der Waals surface area (Å²) in [6, 6.07) is 8.13. The molecule has 3 heterocycles. The smallest absolute Gasteiger partial charge is 0.417 e.